The highest BCUT2D eigenvalue weighted by Gasteiger charge is 2.18. The largest absolute Gasteiger partial charge is 0.756 e. The molecule has 0 amide bonds. The number of pyridine rings is 2. The van der Waals surface area contributed by atoms with Crippen LogP contribution in [0.5, 0.6) is 11.6 Å². The third kappa shape index (κ3) is 5.99. The average Bonchev–Trinajstić information content (AvgIpc) is 3.23. The number of halogens is 1. The van der Waals surface area contributed by atoms with Crippen LogP contribution in [0.3, 0.4) is 0 Å². The van der Waals surface area contributed by atoms with E-state index in [4.69, 9.17) is 19.9 Å². The number of ether oxygens (including phenoxy) is 1. The van der Waals surface area contributed by atoms with E-state index in [-0.39, 0.29) is 11.7 Å². The van der Waals surface area contributed by atoms with E-state index in [0.29, 0.717) is 29.2 Å². The number of nitrogen functional groups attached to an aromatic ring is 1. The van der Waals surface area contributed by atoms with Crippen molar-refractivity contribution in [1.82, 2.24) is 10.1 Å². The summed E-state index contributed by atoms with van der Waals surface area (Å²) < 4.78 is 40.4. The molecule has 0 aliphatic carbocycles. The van der Waals surface area contributed by atoms with Gasteiger partial charge in [-0.3, -0.25) is 14.8 Å². The van der Waals surface area contributed by atoms with Gasteiger partial charge in [-0.05, 0) is 35.9 Å². The number of aromatic nitrogens is 3. The van der Waals surface area contributed by atoms with E-state index in [9.17, 15) is 13.8 Å². The summed E-state index contributed by atoms with van der Waals surface area (Å²) in [5.74, 6) is 0.944. The molecule has 12 heteroatoms. The zero-order valence-electron chi connectivity index (χ0n) is 17.0. The fourth-order valence-corrected chi connectivity index (χ4v) is 3.24. The molecule has 0 bridgehead atoms. The van der Waals surface area contributed by atoms with Crippen LogP contribution in [0.1, 0.15) is 11.3 Å². The number of benzene rings is 1. The Bertz CT molecular complexity index is 1290. The van der Waals surface area contributed by atoms with Crippen molar-refractivity contribution in [3.8, 4) is 23.0 Å². The molecule has 0 saturated carbocycles. The van der Waals surface area contributed by atoms with Gasteiger partial charge in [-0.1, -0.05) is 17.3 Å². The average molecular weight is 472 g/mol. The normalized spacial score (nSPS) is 12.9. The second kappa shape index (κ2) is 9.47. The number of phosphoric acid groups is 1. The summed E-state index contributed by atoms with van der Waals surface area (Å²) in [7, 11) is -4.89. The maximum Gasteiger partial charge on any atom is 0.285 e. The minimum absolute atomic E-state index is 0.171. The maximum absolute atomic E-state index is 12.9. The van der Waals surface area contributed by atoms with Gasteiger partial charge in [0.05, 0.1) is 18.1 Å². The van der Waals surface area contributed by atoms with Crippen LogP contribution in [0.2, 0.25) is 0 Å². The molecule has 3 N–H and O–H groups in total. The summed E-state index contributed by atoms with van der Waals surface area (Å²) in [4.78, 5) is 23.4. The van der Waals surface area contributed by atoms with Gasteiger partial charge in [0.1, 0.15) is 17.1 Å². The molecule has 170 valence electrons. The second-order valence-corrected chi connectivity index (χ2v) is 8.12. The van der Waals surface area contributed by atoms with Crippen LogP contribution < -0.4 is 19.9 Å². The van der Waals surface area contributed by atoms with Crippen molar-refractivity contribution in [2.75, 3.05) is 5.73 Å². The van der Waals surface area contributed by atoms with Crippen molar-refractivity contribution in [3.05, 3.63) is 84.1 Å². The van der Waals surface area contributed by atoms with E-state index in [1.54, 1.807) is 30.3 Å². The SMILES string of the molecule is Nc1c(-c2cc(Cc3ccc(Oc4ccc(F)cn4)cc3)no2)ccc[n+]1COP(=O)([O-])O. The van der Waals surface area contributed by atoms with Gasteiger partial charge < -0.3 is 19.0 Å². The number of hydrogen-bond acceptors (Lipinski definition) is 8. The third-order valence-corrected chi connectivity index (χ3v) is 4.97. The highest BCUT2D eigenvalue weighted by molar-refractivity contribution is 7.44. The third-order valence-electron chi connectivity index (χ3n) is 4.53. The number of nitrogens with two attached hydrogens (primary N) is 1. The summed E-state index contributed by atoms with van der Waals surface area (Å²) in [5.41, 5.74) is 8.14. The van der Waals surface area contributed by atoms with Crippen LogP contribution in [-0.4, -0.2) is 15.0 Å². The van der Waals surface area contributed by atoms with E-state index in [1.165, 1.54) is 22.9 Å². The first-order valence-electron chi connectivity index (χ1n) is 9.57. The fraction of sp³-hybridized carbons (Fsp3) is 0.0952. The van der Waals surface area contributed by atoms with E-state index < -0.39 is 20.4 Å². The van der Waals surface area contributed by atoms with Crippen LogP contribution in [0, 0.1) is 5.82 Å². The molecule has 0 aliphatic heterocycles. The molecule has 0 spiro atoms. The Morgan fingerprint density at radius 3 is 2.70 bits per heavy atom. The van der Waals surface area contributed by atoms with Crippen molar-refractivity contribution in [3.63, 3.8) is 0 Å². The second-order valence-electron chi connectivity index (χ2n) is 6.92. The number of anilines is 1. The number of hydrogen-bond donors (Lipinski definition) is 2. The minimum Gasteiger partial charge on any atom is -0.756 e. The lowest BCUT2D eigenvalue weighted by molar-refractivity contribution is -0.712. The predicted octanol–water partition coefficient (Wildman–Crippen LogP) is 2.56. The molecule has 1 unspecified atom stereocenters. The molecule has 1 atom stereocenters. The minimum atomic E-state index is -4.89. The summed E-state index contributed by atoms with van der Waals surface area (Å²) >= 11 is 0. The molecular weight excluding hydrogens is 454 g/mol. The fourth-order valence-electron chi connectivity index (χ4n) is 2.97. The molecule has 0 fully saturated rings. The molecule has 4 aromatic rings. The summed E-state index contributed by atoms with van der Waals surface area (Å²) in [6, 6.07) is 15.0. The van der Waals surface area contributed by atoms with E-state index in [0.717, 1.165) is 11.8 Å². The number of rotatable bonds is 8. The van der Waals surface area contributed by atoms with Crippen LogP contribution in [-0.2, 0) is 22.2 Å². The van der Waals surface area contributed by atoms with Gasteiger partial charge >= 0.3 is 0 Å². The molecular formula is C21H18FN4O6P. The Balaban J connectivity index is 1.44. The summed E-state index contributed by atoms with van der Waals surface area (Å²) in [6.45, 7) is -0.486. The van der Waals surface area contributed by atoms with Crippen LogP contribution in [0.4, 0.5) is 10.2 Å². The number of phosphoric ester groups is 1. The summed E-state index contributed by atoms with van der Waals surface area (Å²) in [6.07, 6.45) is 3.05. The Hall–Kier alpha value is -3.63. The lowest BCUT2D eigenvalue weighted by atomic mass is 10.1. The Labute approximate surface area is 187 Å². The maximum atomic E-state index is 12.9. The van der Waals surface area contributed by atoms with Gasteiger partial charge in [-0.2, -0.15) is 0 Å². The molecule has 3 heterocycles. The first-order chi connectivity index (χ1) is 15.8. The topological polar surface area (TPSA) is 148 Å². The first kappa shape index (κ1) is 22.6. The van der Waals surface area contributed by atoms with Crippen LogP contribution >= 0.6 is 7.82 Å². The van der Waals surface area contributed by atoms with E-state index in [2.05, 4.69) is 14.7 Å². The van der Waals surface area contributed by atoms with Gasteiger partial charge in [0.2, 0.25) is 5.88 Å². The molecule has 4 rings (SSSR count). The lowest BCUT2D eigenvalue weighted by Crippen LogP contribution is -2.38. The molecule has 0 saturated heterocycles. The van der Waals surface area contributed by atoms with Crippen molar-refractivity contribution in [2.45, 2.75) is 13.2 Å². The van der Waals surface area contributed by atoms with Crippen molar-refractivity contribution >= 4 is 13.6 Å². The molecule has 10 nitrogen and oxygen atoms in total. The van der Waals surface area contributed by atoms with Gasteiger partial charge in [-0.25, -0.2) is 13.9 Å². The lowest BCUT2D eigenvalue weighted by Gasteiger charge is -2.14. The van der Waals surface area contributed by atoms with E-state index in [1.807, 2.05) is 12.1 Å². The zero-order valence-corrected chi connectivity index (χ0v) is 17.9. The van der Waals surface area contributed by atoms with Gasteiger partial charge in [0.25, 0.3) is 13.6 Å². The smallest absolute Gasteiger partial charge is 0.285 e. The zero-order chi connectivity index (χ0) is 23.4. The molecule has 3 aromatic heterocycles. The molecule has 0 radical (unpaired) electrons. The first-order valence-corrected chi connectivity index (χ1v) is 11.1. The van der Waals surface area contributed by atoms with Gasteiger partial charge in [-0.15, -0.1) is 0 Å². The number of nitrogens with zero attached hydrogens (tertiary/aromatic N) is 3. The van der Waals surface area contributed by atoms with Crippen molar-refractivity contribution in [1.29, 1.82) is 0 Å². The van der Waals surface area contributed by atoms with Crippen molar-refractivity contribution in [2.24, 2.45) is 0 Å². The molecule has 33 heavy (non-hydrogen) atoms. The molecule has 1 aromatic carbocycles. The highest BCUT2D eigenvalue weighted by atomic mass is 31.2. The Morgan fingerprint density at radius 1 is 1.21 bits per heavy atom. The van der Waals surface area contributed by atoms with Crippen LogP contribution in [0.25, 0.3) is 11.3 Å². The van der Waals surface area contributed by atoms with Gasteiger partial charge in [0.15, 0.2) is 12.5 Å². The molecule has 0 aliphatic rings. The summed E-state index contributed by atoms with van der Waals surface area (Å²) in [5, 5.41) is 4.06. The quantitative estimate of drug-likeness (QED) is 0.292. The highest BCUT2D eigenvalue weighted by Crippen LogP contribution is 2.30. The predicted molar refractivity (Wildman–Crippen MR) is 111 cm³/mol. The standard InChI is InChI=1S/C21H18FN4O6P/c22-15-5-8-20(24-12-15)31-17-6-3-14(4-7-17)10-16-11-19(32-25-16)18-2-1-9-26(21(18)23)13-30-33(27,28)29/h1-9,11-12,23H,10,13H2,(H2,27,28,29). The van der Waals surface area contributed by atoms with E-state index >= 15 is 0 Å². The van der Waals surface area contributed by atoms with Gasteiger partial charge in [0, 0.05) is 18.6 Å². The Morgan fingerprint density at radius 2 is 2.00 bits per heavy atom. The van der Waals surface area contributed by atoms with Crippen LogP contribution in [0.15, 0.2) is 71.5 Å². The van der Waals surface area contributed by atoms with Crippen molar-refractivity contribution < 1.29 is 37.1 Å². The monoisotopic (exact) mass is 472 g/mol. The Kier molecular flexibility index (Phi) is 6.47.